The minimum atomic E-state index is -0.959. The number of halogens is 1. The normalized spacial score (nSPS) is 21.4. The van der Waals surface area contributed by atoms with Gasteiger partial charge in [-0.2, -0.15) is 15.4 Å². The Balaban J connectivity index is 1.44. The van der Waals surface area contributed by atoms with E-state index in [1.165, 1.54) is 0 Å². The van der Waals surface area contributed by atoms with Gasteiger partial charge in [-0.25, -0.2) is 4.68 Å². The molecule has 0 spiro atoms. The van der Waals surface area contributed by atoms with Gasteiger partial charge in [0, 0.05) is 24.7 Å². The number of likely N-dealkylation sites (tertiary alicyclic amines) is 1. The van der Waals surface area contributed by atoms with Crippen molar-refractivity contribution in [2.45, 2.75) is 18.6 Å². The van der Waals surface area contributed by atoms with E-state index in [1.54, 1.807) is 10.9 Å². The zero-order chi connectivity index (χ0) is 16.6. The van der Waals surface area contributed by atoms with E-state index in [2.05, 4.69) is 30.6 Å². The molecule has 0 radical (unpaired) electrons. The molecule has 0 amide bonds. The predicted octanol–water partition coefficient (Wildman–Crippen LogP) is 1.13. The molecule has 124 valence electrons. The SMILES string of the molecule is OC1(c2cn[nH]n2)CCN(Cc2cn(-c3ccc(Cl)cc3)nn2)C1. The number of hydrogen-bond acceptors (Lipinski definition) is 6. The maximum atomic E-state index is 10.7. The summed E-state index contributed by atoms with van der Waals surface area (Å²) in [6, 6.07) is 7.41. The Hall–Kier alpha value is -2.29. The molecule has 1 saturated heterocycles. The van der Waals surface area contributed by atoms with Crippen LogP contribution in [0.15, 0.2) is 36.7 Å². The summed E-state index contributed by atoms with van der Waals surface area (Å²) in [6.45, 7) is 1.87. The Labute approximate surface area is 143 Å². The molecule has 1 atom stereocenters. The molecular weight excluding hydrogens is 330 g/mol. The topological polar surface area (TPSA) is 95.8 Å². The molecule has 0 bridgehead atoms. The van der Waals surface area contributed by atoms with Crippen molar-refractivity contribution in [2.75, 3.05) is 13.1 Å². The molecule has 8 nitrogen and oxygen atoms in total. The van der Waals surface area contributed by atoms with Crippen LogP contribution in [0.2, 0.25) is 5.02 Å². The van der Waals surface area contributed by atoms with E-state index < -0.39 is 5.60 Å². The number of hydrogen-bond donors (Lipinski definition) is 2. The number of aromatic amines is 1. The lowest BCUT2D eigenvalue weighted by Crippen LogP contribution is -2.31. The monoisotopic (exact) mass is 345 g/mol. The summed E-state index contributed by atoms with van der Waals surface area (Å²) >= 11 is 5.90. The van der Waals surface area contributed by atoms with Crippen molar-refractivity contribution in [1.82, 2.24) is 35.3 Å². The molecule has 2 aromatic heterocycles. The van der Waals surface area contributed by atoms with Gasteiger partial charge in [-0.3, -0.25) is 4.90 Å². The Morgan fingerprint density at radius 3 is 2.88 bits per heavy atom. The number of nitrogens with one attached hydrogen (secondary N) is 1. The molecule has 1 aromatic carbocycles. The highest BCUT2D eigenvalue weighted by atomic mass is 35.5. The van der Waals surface area contributed by atoms with Crippen LogP contribution in [0.4, 0.5) is 0 Å². The van der Waals surface area contributed by atoms with Gasteiger partial charge in [-0.05, 0) is 30.7 Å². The summed E-state index contributed by atoms with van der Waals surface area (Å²) < 4.78 is 1.71. The lowest BCUT2D eigenvalue weighted by molar-refractivity contribution is 0.0407. The minimum Gasteiger partial charge on any atom is -0.382 e. The van der Waals surface area contributed by atoms with Crippen LogP contribution in [0.25, 0.3) is 5.69 Å². The quantitative estimate of drug-likeness (QED) is 0.736. The fourth-order valence-electron chi connectivity index (χ4n) is 2.96. The third-order valence-electron chi connectivity index (χ3n) is 4.24. The van der Waals surface area contributed by atoms with Crippen LogP contribution in [-0.4, -0.2) is 53.5 Å². The molecule has 3 aromatic rings. The molecule has 1 fully saturated rings. The number of β-amino-alcohol motifs (C(OH)–C–C–N with tert-alkyl or cyclic N) is 1. The lowest BCUT2D eigenvalue weighted by atomic mass is 10.0. The fraction of sp³-hybridized carbons (Fsp3) is 0.333. The van der Waals surface area contributed by atoms with Gasteiger partial charge >= 0.3 is 0 Å². The van der Waals surface area contributed by atoms with Crippen molar-refractivity contribution >= 4 is 11.6 Å². The van der Waals surface area contributed by atoms with Gasteiger partial charge in [-0.1, -0.05) is 16.8 Å². The van der Waals surface area contributed by atoms with E-state index in [0.29, 0.717) is 30.2 Å². The van der Waals surface area contributed by atoms with Gasteiger partial charge in [0.25, 0.3) is 0 Å². The highest BCUT2D eigenvalue weighted by Crippen LogP contribution is 2.30. The molecule has 24 heavy (non-hydrogen) atoms. The molecule has 9 heteroatoms. The average Bonchev–Trinajstić information content (AvgIpc) is 3.30. The number of H-pyrrole nitrogens is 1. The Morgan fingerprint density at radius 2 is 2.12 bits per heavy atom. The summed E-state index contributed by atoms with van der Waals surface area (Å²) in [5, 5.41) is 30.1. The third kappa shape index (κ3) is 2.91. The smallest absolute Gasteiger partial charge is 0.124 e. The van der Waals surface area contributed by atoms with Crippen molar-refractivity contribution < 1.29 is 5.11 Å². The number of benzene rings is 1. The van der Waals surface area contributed by atoms with Gasteiger partial charge < -0.3 is 5.11 Å². The third-order valence-corrected chi connectivity index (χ3v) is 4.49. The Kier molecular flexibility index (Phi) is 3.79. The molecule has 3 heterocycles. The van der Waals surface area contributed by atoms with Crippen molar-refractivity contribution in [2.24, 2.45) is 0 Å². The molecule has 1 aliphatic heterocycles. The summed E-state index contributed by atoms with van der Waals surface area (Å²) in [6.07, 6.45) is 4.07. The van der Waals surface area contributed by atoms with E-state index >= 15 is 0 Å². The first kappa shape index (κ1) is 15.3. The zero-order valence-electron chi connectivity index (χ0n) is 12.8. The van der Waals surface area contributed by atoms with E-state index in [0.717, 1.165) is 17.9 Å². The second kappa shape index (κ2) is 5.97. The van der Waals surface area contributed by atoms with E-state index in [4.69, 9.17) is 11.6 Å². The fourth-order valence-corrected chi connectivity index (χ4v) is 3.09. The molecule has 2 N–H and O–H groups in total. The van der Waals surface area contributed by atoms with E-state index in [1.807, 2.05) is 30.5 Å². The Bertz CT molecular complexity index is 817. The molecular formula is C15H16ClN7O. The van der Waals surface area contributed by atoms with Crippen molar-refractivity contribution in [1.29, 1.82) is 0 Å². The van der Waals surface area contributed by atoms with E-state index in [9.17, 15) is 5.11 Å². The second-order valence-corrected chi connectivity index (χ2v) is 6.41. The number of aromatic nitrogens is 6. The first-order valence-corrected chi connectivity index (χ1v) is 7.98. The van der Waals surface area contributed by atoms with E-state index in [-0.39, 0.29) is 0 Å². The van der Waals surface area contributed by atoms with Crippen LogP contribution in [-0.2, 0) is 12.1 Å². The largest absolute Gasteiger partial charge is 0.382 e. The maximum Gasteiger partial charge on any atom is 0.124 e. The highest BCUT2D eigenvalue weighted by molar-refractivity contribution is 6.30. The maximum absolute atomic E-state index is 10.7. The molecule has 1 unspecified atom stereocenters. The van der Waals surface area contributed by atoms with Crippen molar-refractivity contribution in [3.05, 3.63) is 53.1 Å². The van der Waals surface area contributed by atoms with Crippen LogP contribution >= 0.6 is 11.6 Å². The summed E-state index contributed by atoms with van der Waals surface area (Å²) in [5.74, 6) is 0. The van der Waals surface area contributed by atoms with Crippen LogP contribution < -0.4 is 0 Å². The molecule has 0 aliphatic carbocycles. The number of nitrogens with zero attached hydrogens (tertiary/aromatic N) is 6. The lowest BCUT2D eigenvalue weighted by Gasteiger charge is -2.20. The van der Waals surface area contributed by atoms with Crippen LogP contribution in [0, 0.1) is 0 Å². The van der Waals surface area contributed by atoms with Crippen LogP contribution in [0.3, 0.4) is 0 Å². The zero-order valence-corrected chi connectivity index (χ0v) is 13.6. The van der Waals surface area contributed by atoms with Crippen molar-refractivity contribution in [3.8, 4) is 5.69 Å². The standard InChI is InChI=1S/C15H16ClN7O/c16-11-1-3-13(4-2-11)23-9-12(18-21-23)8-22-6-5-15(24,10-22)14-7-17-20-19-14/h1-4,7,9,24H,5-6,8,10H2,(H,17,19,20). The second-order valence-electron chi connectivity index (χ2n) is 5.98. The number of rotatable bonds is 4. The molecule has 1 aliphatic rings. The number of aliphatic hydroxyl groups is 1. The van der Waals surface area contributed by atoms with Crippen LogP contribution in [0.1, 0.15) is 17.8 Å². The predicted molar refractivity (Wildman–Crippen MR) is 86.5 cm³/mol. The molecule has 4 rings (SSSR count). The van der Waals surface area contributed by atoms with Gasteiger partial charge in [0.1, 0.15) is 11.3 Å². The summed E-state index contributed by atoms with van der Waals surface area (Å²) in [7, 11) is 0. The van der Waals surface area contributed by atoms with Gasteiger partial charge in [0.15, 0.2) is 0 Å². The van der Waals surface area contributed by atoms with Gasteiger partial charge in [-0.15, -0.1) is 5.10 Å². The van der Waals surface area contributed by atoms with Crippen molar-refractivity contribution in [3.63, 3.8) is 0 Å². The molecule has 0 saturated carbocycles. The first-order chi connectivity index (χ1) is 11.6. The van der Waals surface area contributed by atoms with Gasteiger partial charge in [0.2, 0.25) is 0 Å². The van der Waals surface area contributed by atoms with Gasteiger partial charge in [0.05, 0.1) is 23.8 Å². The first-order valence-electron chi connectivity index (χ1n) is 7.61. The highest BCUT2D eigenvalue weighted by Gasteiger charge is 2.39. The Morgan fingerprint density at radius 1 is 1.29 bits per heavy atom. The van der Waals surface area contributed by atoms with Crippen LogP contribution in [0.5, 0.6) is 0 Å². The summed E-state index contributed by atoms with van der Waals surface area (Å²) in [4.78, 5) is 2.13. The minimum absolute atomic E-state index is 0.493. The summed E-state index contributed by atoms with van der Waals surface area (Å²) in [5.41, 5.74) is 1.36. The average molecular weight is 346 g/mol.